The monoisotopic (exact) mass is 367 g/mol. The van der Waals surface area contributed by atoms with Gasteiger partial charge in [-0.15, -0.1) is 0 Å². The van der Waals surface area contributed by atoms with E-state index in [4.69, 9.17) is 4.74 Å². The number of amides is 2. The van der Waals surface area contributed by atoms with Crippen LogP contribution < -0.4 is 4.74 Å². The van der Waals surface area contributed by atoms with Gasteiger partial charge in [0.25, 0.3) is 5.91 Å². The fourth-order valence-electron chi connectivity index (χ4n) is 3.00. The first kappa shape index (κ1) is 17.0. The van der Waals surface area contributed by atoms with Crippen LogP contribution in [0, 0.1) is 0 Å². The Bertz CT molecular complexity index is 565. The molecule has 1 atom stereocenters. The largest absolute Gasteiger partial charge is 0.467 e. The Labute approximate surface area is 140 Å². The number of fused-ring (bicyclic) bond motifs is 1. The number of carbonyl (C=O) groups excluding carboxylic acids is 2. The minimum absolute atomic E-state index is 0.249. The van der Waals surface area contributed by atoms with Crippen molar-refractivity contribution in [2.45, 2.75) is 57.0 Å². The number of carbonyl (C=O) groups is 2. The number of imide groups is 1. The van der Waals surface area contributed by atoms with Crippen molar-refractivity contribution in [3.8, 4) is 5.75 Å². The van der Waals surface area contributed by atoms with Crippen molar-refractivity contribution in [2.24, 2.45) is 0 Å². The molecule has 1 aromatic rings. The van der Waals surface area contributed by atoms with Crippen molar-refractivity contribution in [2.75, 3.05) is 0 Å². The summed E-state index contributed by atoms with van der Waals surface area (Å²) >= 11 is 3.30. The molecule has 2 rings (SSSR count). The molecular formula is C17H22BrNO3. The highest BCUT2D eigenvalue weighted by molar-refractivity contribution is 9.10. The molecule has 1 aromatic carbocycles. The lowest BCUT2D eigenvalue weighted by molar-refractivity contribution is -0.150. The van der Waals surface area contributed by atoms with Crippen LogP contribution in [0.1, 0.15) is 56.8 Å². The molecule has 0 fully saturated rings. The SMILES string of the molecule is CCCC1(CCC)Oc2ccccc2C(=O)N1C(=O)C(C)Br. The number of para-hydroxylation sites is 1. The van der Waals surface area contributed by atoms with Gasteiger partial charge in [0.1, 0.15) is 5.75 Å². The van der Waals surface area contributed by atoms with Gasteiger partial charge in [0.15, 0.2) is 5.72 Å². The number of hydrogen-bond acceptors (Lipinski definition) is 3. The Morgan fingerprint density at radius 1 is 1.27 bits per heavy atom. The third kappa shape index (κ3) is 2.91. The lowest BCUT2D eigenvalue weighted by Gasteiger charge is -2.46. The van der Waals surface area contributed by atoms with Crippen molar-refractivity contribution in [3.63, 3.8) is 0 Å². The summed E-state index contributed by atoms with van der Waals surface area (Å²) in [7, 11) is 0. The molecule has 0 saturated carbocycles. The smallest absolute Gasteiger partial charge is 0.267 e. The first-order chi connectivity index (χ1) is 10.5. The normalized spacial score (nSPS) is 17.6. The summed E-state index contributed by atoms with van der Waals surface area (Å²) in [5, 5.41) is 0. The Hall–Kier alpha value is -1.36. The van der Waals surface area contributed by atoms with Gasteiger partial charge in [0, 0.05) is 12.8 Å². The molecule has 2 amide bonds. The van der Waals surface area contributed by atoms with Crippen molar-refractivity contribution in [3.05, 3.63) is 29.8 Å². The zero-order valence-corrected chi connectivity index (χ0v) is 14.9. The zero-order chi connectivity index (χ0) is 16.3. The highest BCUT2D eigenvalue weighted by Gasteiger charge is 2.49. The van der Waals surface area contributed by atoms with E-state index in [9.17, 15) is 9.59 Å². The Kier molecular flexibility index (Phi) is 5.27. The van der Waals surface area contributed by atoms with E-state index in [0.29, 0.717) is 24.2 Å². The van der Waals surface area contributed by atoms with E-state index >= 15 is 0 Å². The van der Waals surface area contributed by atoms with Gasteiger partial charge in [0.2, 0.25) is 5.91 Å². The average Bonchev–Trinajstić information content (AvgIpc) is 2.47. The van der Waals surface area contributed by atoms with Gasteiger partial charge in [0.05, 0.1) is 10.4 Å². The summed E-state index contributed by atoms with van der Waals surface area (Å²) in [5.74, 6) is 0.0575. The topological polar surface area (TPSA) is 46.6 Å². The van der Waals surface area contributed by atoms with Gasteiger partial charge >= 0.3 is 0 Å². The number of nitrogens with zero attached hydrogens (tertiary/aromatic N) is 1. The molecule has 1 aliphatic heterocycles. The van der Waals surface area contributed by atoms with E-state index in [2.05, 4.69) is 15.9 Å². The van der Waals surface area contributed by atoms with Crippen molar-refractivity contribution in [1.29, 1.82) is 0 Å². The summed E-state index contributed by atoms with van der Waals surface area (Å²) in [6.07, 6.45) is 2.92. The molecule has 0 N–H and O–H groups in total. The van der Waals surface area contributed by atoms with E-state index in [1.54, 1.807) is 25.1 Å². The van der Waals surface area contributed by atoms with Crippen LogP contribution >= 0.6 is 15.9 Å². The standard InChI is InChI=1S/C17H22BrNO3/c1-4-10-17(11-5-2)19(15(20)12(3)18)16(21)13-8-6-7-9-14(13)22-17/h6-9,12H,4-5,10-11H2,1-3H3. The summed E-state index contributed by atoms with van der Waals surface area (Å²) in [4.78, 5) is 26.5. The molecule has 0 aromatic heterocycles. The van der Waals surface area contributed by atoms with E-state index in [1.807, 2.05) is 19.9 Å². The van der Waals surface area contributed by atoms with E-state index in [-0.39, 0.29) is 11.8 Å². The molecular weight excluding hydrogens is 346 g/mol. The number of hydrogen-bond donors (Lipinski definition) is 0. The molecule has 0 saturated heterocycles. The molecule has 5 heteroatoms. The second-order valence-corrected chi connectivity index (χ2v) is 7.01. The number of ether oxygens (including phenoxy) is 1. The molecule has 22 heavy (non-hydrogen) atoms. The molecule has 1 unspecified atom stereocenters. The minimum Gasteiger partial charge on any atom is -0.467 e. The molecule has 1 heterocycles. The predicted molar refractivity (Wildman–Crippen MR) is 89.2 cm³/mol. The summed E-state index contributed by atoms with van der Waals surface area (Å²) in [5.41, 5.74) is -0.430. The second kappa shape index (κ2) is 6.82. The molecule has 0 bridgehead atoms. The summed E-state index contributed by atoms with van der Waals surface area (Å²) < 4.78 is 6.22. The van der Waals surface area contributed by atoms with Gasteiger partial charge in [-0.25, -0.2) is 4.90 Å². The predicted octanol–water partition coefficient (Wildman–Crippen LogP) is 4.13. The number of benzene rings is 1. The van der Waals surface area contributed by atoms with Crippen molar-refractivity contribution >= 4 is 27.7 Å². The highest BCUT2D eigenvalue weighted by atomic mass is 79.9. The molecule has 0 spiro atoms. The van der Waals surface area contributed by atoms with Crippen LogP contribution in [0.15, 0.2) is 24.3 Å². The maximum atomic E-state index is 12.9. The summed E-state index contributed by atoms with van der Waals surface area (Å²) in [6, 6.07) is 7.14. The number of rotatable bonds is 5. The number of alkyl halides is 1. The van der Waals surface area contributed by atoms with E-state index in [0.717, 1.165) is 12.8 Å². The van der Waals surface area contributed by atoms with E-state index in [1.165, 1.54) is 4.90 Å². The van der Waals surface area contributed by atoms with E-state index < -0.39 is 10.6 Å². The van der Waals surface area contributed by atoms with Crippen LogP contribution in [0.5, 0.6) is 5.75 Å². The second-order valence-electron chi connectivity index (χ2n) is 5.64. The Morgan fingerprint density at radius 2 is 1.86 bits per heavy atom. The van der Waals surface area contributed by atoms with Gasteiger partial charge in [-0.1, -0.05) is 54.8 Å². The highest BCUT2D eigenvalue weighted by Crippen LogP contribution is 2.39. The molecule has 0 radical (unpaired) electrons. The fourth-order valence-corrected chi connectivity index (χ4v) is 3.20. The van der Waals surface area contributed by atoms with Gasteiger partial charge in [-0.2, -0.15) is 0 Å². The Morgan fingerprint density at radius 3 is 2.41 bits per heavy atom. The molecule has 120 valence electrons. The first-order valence-corrected chi connectivity index (χ1v) is 8.69. The number of halogens is 1. The third-order valence-corrected chi connectivity index (χ3v) is 4.26. The minimum atomic E-state index is -0.881. The van der Waals surface area contributed by atoms with Crippen LogP contribution in [0.2, 0.25) is 0 Å². The van der Waals surface area contributed by atoms with Gasteiger partial charge in [-0.05, 0) is 19.1 Å². The maximum Gasteiger partial charge on any atom is 0.267 e. The van der Waals surface area contributed by atoms with Gasteiger partial charge < -0.3 is 4.74 Å². The molecule has 0 aliphatic carbocycles. The molecule has 1 aliphatic rings. The first-order valence-electron chi connectivity index (χ1n) is 7.77. The van der Waals surface area contributed by atoms with Crippen LogP contribution in [-0.4, -0.2) is 27.3 Å². The Balaban J connectivity index is 2.57. The third-order valence-electron chi connectivity index (χ3n) is 3.87. The maximum absolute atomic E-state index is 12.9. The molecule has 4 nitrogen and oxygen atoms in total. The van der Waals surface area contributed by atoms with Crippen molar-refractivity contribution < 1.29 is 14.3 Å². The summed E-state index contributed by atoms with van der Waals surface area (Å²) in [6.45, 7) is 5.80. The lowest BCUT2D eigenvalue weighted by atomic mass is 9.95. The zero-order valence-electron chi connectivity index (χ0n) is 13.3. The van der Waals surface area contributed by atoms with Crippen LogP contribution in [0.3, 0.4) is 0 Å². The fraction of sp³-hybridized carbons (Fsp3) is 0.529. The van der Waals surface area contributed by atoms with Crippen LogP contribution in [-0.2, 0) is 4.79 Å². The lowest BCUT2D eigenvalue weighted by Crippen LogP contribution is -2.62. The van der Waals surface area contributed by atoms with Gasteiger partial charge in [-0.3, -0.25) is 9.59 Å². The quantitative estimate of drug-likeness (QED) is 0.735. The van der Waals surface area contributed by atoms with Crippen LogP contribution in [0.4, 0.5) is 0 Å². The van der Waals surface area contributed by atoms with Crippen LogP contribution in [0.25, 0.3) is 0 Å². The average molecular weight is 368 g/mol. The van der Waals surface area contributed by atoms with Crippen molar-refractivity contribution in [1.82, 2.24) is 4.90 Å².